The van der Waals surface area contributed by atoms with E-state index in [0.717, 1.165) is 19.0 Å². The van der Waals surface area contributed by atoms with Crippen LogP contribution in [0.15, 0.2) is 18.3 Å². The second-order valence-corrected chi connectivity index (χ2v) is 3.37. The molecule has 11 heavy (non-hydrogen) atoms. The van der Waals surface area contributed by atoms with E-state index in [4.69, 9.17) is 0 Å². The zero-order valence-corrected chi connectivity index (χ0v) is 6.80. The van der Waals surface area contributed by atoms with Crippen LogP contribution in [0.3, 0.4) is 0 Å². The van der Waals surface area contributed by atoms with Crippen LogP contribution in [0.2, 0.25) is 0 Å². The molecule has 0 bridgehead atoms. The van der Waals surface area contributed by atoms with E-state index in [-0.39, 0.29) is 0 Å². The summed E-state index contributed by atoms with van der Waals surface area (Å²) in [6.45, 7) is 4.58. The lowest BCUT2D eigenvalue weighted by Gasteiger charge is -2.11. The molecule has 1 fully saturated rings. The van der Waals surface area contributed by atoms with Crippen LogP contribution in [-0.2, 0) is 0 Å². The van der Waals surface area contributed by atoms with E-state index < -0.39 is 0 Å². The van der Waals surface area contributed by atoms with Crippen molar-refractivity contribution in [2.75, 3.05) is 13.1 Å². The van der Waals surface area contributed by atoms with Crippen LogP contribution in [0.4, 0.5) is 0 Å². The second kappa shape index (κ2) is 2.70. The maximum Gasteiger partial charge on any atom is 0.0194 e. The smallest absolute Gasteiger partial charge is 0.0194 e. The van der Waals surface area contributed by atoms with Crippen LogP contribution >= 0.6 is 0 Å². The molecule has 2 unspecified atom stereocenters. The van der Waals surface area contributed by atoms with Crippen molar-refractivity contribution in [2.45, 2.75) is 12.8 Å². The minimum Gasteiger partial charge on any atom is -0.365 e. The molecule has 2 rings (SSSR count). The summed E-state index contributed by atoms with van der Waals surface area (Å²) in [6.07, 6.45) is 2.00. The van der Waals surface area contributed by atoms with Gasteiger partial charge >= 0.3 is 0 Å². The Morgan fingerprint density at radius 2 is 2.36 bits per heavy atom. The molecule has 1 saturated heterocycles. The monoisotopic (exact) mass is 150 g/mol. The molecule has 0 aliphatic carbocycles. The first-order chi connectivity index (χ1) is 5.38. The molecule has 0 aromatic carbocycles. The van der Waals surface area contributed by atoms with Crippen LogP contribution in [0.25, 0.3) is 0 Å². The van der Waals surface area contributed by atoms with Gasteiger partial charge in [0, 0.05) is 24.4 Å². The number of hydrogen-bond acceptors (Lipinski definition) is 1. The van der Waals surface area contributed by atoms with Gasteiger partial charge in [-0.1, -0.05) is 6.92 Å². The lowest BCUT2D eigenvalue weighted by Crippen LogP contribution is -2.08. The molecule has 0 spiro atoms. The topological polar surface area (TPSA) is 27.8 Å². The Morgan fingerprint density at radius 3 is 2.91 bits per heavy atom. The van der Waals surface area contributed by atoms with Gasteiger partial charge in [0.15, 0.2) is 0 Å². The summed E-state index contributed by atoms with van der Waals surface area (Å²) in [5.41, 5.74) is 1.38. The Kier molecular flexibility index (Phi) is 1.70. The van der Waals surface area contributed by atoms with Gasteiger partial charge in [0.2, 0.25) is 0 Å². The Labute approximate surface area is 67.0 Å². The van der Waals surface area contributed by atoms with Crippen molar-refractivity contribution in [1.82, 2.24) is 10.3 Å². The first-order valence-electron chi connectivity index (χ1n) is 4.22. The second-order valence-electron chi connectivity index (χ2n) is 3.37. The van der Waals surface area contributed by atoms with Gasteiger partial charge < -0.3 is 10.3 Å². The van der Waals surface area contributed by atoms with Crippen LogP contribution < -0.4 is 5.32 Å². The van der Waals surface area contributed by atoms with E-state index in [1.807, 2.05) is 6.20 Å². The van der Waals surface area contributed by atoms with Crippen molar-refractivity contribution in [3.63, 3.8) is 0 Å². The largest absolute Gasteiger partial charge is 0.365 e. The summed E-state index contributed by atoms with van der Waals surface area (Å²) < 4.78 is 0. The molecule has 2 nitrogen and oxygen atoms in total. The van der Waals surface area contributed by atoms with E-state index in [1.165, 1.54) is 5.69 Å². The molecule has 2 atom stereocenters. The number of aromatic amines is 1. The molecule has 0 amide bonds. The normalized spacial score (nSPS) is 31.0. The van der Waals surface area contributed by atoms with Gasteiger partial charge in [0.25, 0.3) is 0 Å². The standard InChI is InChI=1S/C9H14N2/c1-7-5-10-6-8(7)9-3-2-4-11-9/h2-4,7-8,10-11H,5-6H2,1H3. The summed E-state index contributed by atoms with van der Waals surface area (Å²) >= 11 is 0. The predicted molar refractivity (Wildman–Crippen MR) is 45.6 cm³/mol. The SMILES string of the molecule is CC1CNCC1c1ccc[nH]1. The highest BCUT2D eigenvalue weighted by molar-refractivity contribution is 5.13. The fourth-order valence-corrected chi connectivity index (χ4v) is 1.80. The molecule has 60 valence electrons. The summed E-state index contributed by atoms with van der Waals surface area (Å²) in [5, 5.41) is 3.39. The lowest BCUT2D eigenvalue weighted by atomic mass is 9.95. The van der Waals surface area contributed by atoms with Crippen LogP contribution in [-0.4, -0.2) is 18.1 Å². The first-order valence-corrected chi connectivity index (χ1v) is 4.22. The molecule has 2 N–H and O–H groups in total. The Balaban J connectivity index is 2.16. The third kappa shape index (κ3) is 1.18. The van der Waals surface area contributed by atoms with Gasteiger partial charge in [-0.25, -0.2) is 0 Å². The third-order valence-corrected chi connectivity index (χ3v) is 2.54. The van der Waals surface area contributed by atoms with Gasteiger partial charge in [-0.3, -0.25) is 0 Å². The molecular weight excluding hydrogens is 136 g/mol. The minimum atomic E-state index is 0.699. The average molecular weight is 150 g/mol. The van der Waals surface area contributed by atoms with Crippen molar-refractivity contribution in [2.24, 2.45) is 5.92 Å². The highest BCUT2D eigenvalue weighted by Gasteiger charge is 2.24. The fraction of sp³-hybridized carbons (Fsp3) is 0.556. The molecule has 1 aliphatic heterocycles. The fourth-order valence-electron chi connectivity index (χ4n) is 1.80. The number of H-pyrrole nitrogens is 1. The molecule has 1 aliphatic rings. The van der Waals surface area contributed by atoms with Crippen molar-refractivity contribution in [3.8, 4) is 0 Å². The molecule has 1 aromatic rings. The molecule has 2 heterocycles. The van der Waals surface area contributed by atoms with Crippen LogP contribution in [0.5, 0.6) is 0 Å². The quantitative estimate of drug-likeness (QED) is 0.621. The summed E-state index contributed by atoms with van der Waals surface area (Å²) in [7, 11) is 0. The van der Waals surface area contributed by atoms with E-state index in [1.54, 1.807) is 0 Å². The summed E-state index contributed by atoms with van der Waals surface area (Å²) in [4.78, 5) is 3.27. The van der Waals surface area contributed by atoms with Gasteiger partial charge in [0.05, 0.1) is 0 Å². The zero-order chi connectivity index (χ0) is 7.68. The van der Waals surface area contributed by atoms with Crippen molar-refractivity contribution >= 4 is 0 Å². The number of aromatic nitrogens is 1. The number of rotatable bonds is 1. The molecule has 0 radical (unpaired) electrons. The van der Waals surface area contributed by atoms with Gasteiger partial charge in [-0.05, 0) is 24.6 Å². The van der Waals surface area contributed by atoms with E-state index in [2.05, 4.69) is 29.4 Å². The highest BCUT2D eigenvalue weighted by atomic mass is 14.9. The maximum absolute atomic E-state index is 3.39. The highest BCUT2D eigenvalue weighted by Crippen LogP contribution is 2.25. The van der Waals surface area contributed by atoms with E-state index >= 15 is 0 Å². The summed E-state index contributed by atoms with van der Waals surface area (Å²) in [6, 6.07) is 4.24. The van der Waals surface area contributed by atoms with Crippen molar-refractivity contribution in [3.05, 3.63) is 24.0 Å². The Hall–Kier alpha value is -0.760. The Morgan fingerprint density at radius 1 is 1.45 bits per heavy atom. The first kappa shape index (κ1) is 6.92. The predicted octanol–water partition coefficient (Wildman–Crippen LogP) is 1.34. The zero-order valence-electron chi connectivity index (χ0n) is 6.80. The minimum absolute atomic E-state index is 0.699. The van der Waals surface area contributed by atoms with Crippen molar-refractivity contribution < 1.29 is 0 Å². The van der Waals surface area contributed by atoms with E-state index in [0.29, 0.717) is 5.92 Å². The van der Waals surface area contributed by atoms with Gasteiger partial charge in [0.1, 0.15) is 0 Å². The van der Waals surface area contributed by atoms with E-state index in [9.17, 15) is 0 Å². The van der Waals surface area contributed by atoms with Crippen LogP contribution in [0.1, 0.15) is 18.5 Å². The average Bonchev–Trinajstić information content (AvgIpc) is 2.55. The lowest BCUT2D eigenvalue weighted by molar-refractivity contribution is 0.562. The molecular formula is C9H14N2. The summed E-state index contributed by atoms with van der Waals surface area (Å²) in [5.74, 6) is 1.47. The van der Waals surface area contributed by atoms with Gasteiger partial charge in [-0.15, -0.1) is 0 Å². The number of hydrogen-bond donors (Lipinski definition) is 2. The molecule has 0 saturated carbocycles. The molecule has 1 aromatic heterocycles. The van der Waals surface area contributed by atoms with Gasteiger partial charge in [-0.2, -0.15) is 0 Å². The van der Waals surface area contributed by atoms with Crippen LogP contribution in [0, 0.1) is 5.92 Å². The third-order valence-electron chi connectivity index (χ3n) is 2.54. The Bertz CT molecular complexity index is 215. The molecule has 2 heteroatoms. The number of nitrogens with one attached hydrogen (secondary N) is 2. The maximum atomic E-state index is 3.39. The van der Waals surface area contributed by atoms with Crippen molar-refractivity contribution in [1.29, 1.82) is 0 Å².